The number of benzene rings is 1. The molecule has 6 heteroatoms. The summed E-state index contributed by atoms with van der Waals surface area (Å²) in [5, 5.41) is -0.221. The summed E-state index contributed by atoms with van der Waals surface area (Å²) in [6.45, 7) is 1.90. The summed E-state index contributed by atoms with van der Waals surface area (Å²) in [7, 11) is 1.74. The summed E-state index contributed by atoms with van der Waals surface area (Å²) in [5.74, 6) is 0.518. The Hall–Kier alpha value is -0.650. The molecule has 3 unspecified atom stereocenters. The normalized spacial score (nSPS) is 23.9. The minimum absolute atomic E-state index is 0.221. The number of ether oxygens (including phenoxy) is 1. The maximum atomic E-state index is 13.9. The zero-order valence-corrected chi connectivity index (χ0v) is 14.3. The Morgan fingerprint density at radius 3 is 2.86 bits per heavy atom. The van der Waals surface area contributed by atoms with Gasteiger partial charge in [-0.3, -0.25) is 0 Å². The van der Waals surface area contributed by atoms with Gasteiger partial charge in [-0.2, -0.15) is 0 Å². The van der Waals surface area contributed by atoms with Crippen LogP contribution < -0.4 is 0 Å². The summed E-state index contributed by atoms with van der Waals surface area (Å²) in [6, 6.07) is 3.51. The topological polar surface area (TPSA) is 27.1 Å². The Labute approximate surface area is 136 Å². The first-order valence-electron chi connectivity index (χ1n) is 7.05. The quantitative estimate of drug-likeness (QED) is 0.708. The summed E-state index contributed by atoms with van der Waals surface area (Å²) < 4.78 is 21.9. The fourth-order valence-corrected chi connectivity index (χ4v) is 3.62. The van der Waals surface area contributed by atoms with Crippen LogP contribution in [0.25, 0.3) is 11.0 Å². The average Bonchev–Trinajstić information content (AvgIpc) is 3.03. The van der Waals surface area contributed by atoms with Gasteiger partial charge < -0.3 is 9.30 Å². The maximum Gasteiger partial charge on any atom is 0.139 e. The fourth-order valence-electron chi connectivity index (χ4n) is 3.14. The van der Waals surface area contributed by atoms with Crippen molar-refractivity contribution in [2.24, 2.45) is 0 Å². The van der Waals surface area contributed by atoms with Gasteiger partial charge >= 0.3 is 0 Å². The van der Waals surface area contributed by atoms with E-state index >= 15 is 0 Å². The number of hydrogen-bond acceptors (Lipinski definition) is 2. The first-order chi connectivity index (χ1) is 10.0. The Morgan fingerprint density at radius 2 is 2.24 bits per heavy atom. The monoisotopic (exact) mass is 374 g/mol. The van der Waals surface area contributed by atoms with Crippen LogP contribution in [0.15, 0.2) is 16.6 Å². The Bertz CT molecular complexity index is 673. The molecule has 1 heterocycles. The van der Waals surface area contributed by atoms with E-state index in [2.05, 4.69) is 25.5 Å². The Morgan fingerprint density at radius 1 is 1.48 bits per heavy atom. The van der Waals surface area contributed by atoms with Crippen LogP contribution in [0, 0.1) is 5.82 Å². The van der Waals surface area contributed by atoms with Gasteiger partial charge in [-0.1, -0.05) is 0 Å². The van der Waals surface area contributed by atoms with Gasteiger partial charge in [0.25, 0.3) is 0 Å². The highest BCUT2D eigenvalue weighted by Gasteiger charge is 2.30. The van der Waals surface area contributed by atoms with Gasteiger partial charge in [0.1, 0.15) is 11.6 Å². The van der Waals surface area contributed by atoms with Crippen LogP contribution >= 0.6 is 27.5 Å². The van der Waals surface area contributed by atoms with E-state index in [1.54, 1.807) is 13.2 Å². The van der Waals surface area contributed by atoms with Gasteiger partial charge in [-0.05, 0) is 48.2 Å². The second kappa shape index (κ2) is 5.86. The number of rotatable bonds is 3. The number of hydrogen-bond donors (Lipinski definition) is 0. The van der Waals surface area contributed by atoms with Crippen molar-refractivity contribution < 1.29 is 9.13 Å². The van der Waals surface area contributed by atoms with Crippen LogP contribution in [0.3, 0.4) is 0 Å². The van der Waals surface area contributed by atoms with E-state index in [0.717, 1.165) is 36.1 Å². The molecule has 1 fully saturated rings. The van der Waals surface area contributed by atoms with Gasteiger partial charge in [0.15, 0.2) is 0 Å². The van der Waals surface area contributed by atoms with Gasteiger partial charge in [-0.25, -0.2) is 9.37 Å². The molecule has 0 bridgehead atoms. The maximum absolute atomic E-state index is 13.9. The Balaban J connectivity index is 2.14. The van der Waals surface area contributed by atoms with Crippen molar-refractivity contribution in [3.63, 3.8) is 0 Å². The lowest BCUT2D eigenvalue weighted by molar-refractivity contribution is 0.106. The second-order valence-corrected chi connectivity index (χ2v) is 7.04. The van der Waals surface area contributed by atoms with E-state index in [-0.39, 0.29) is 23.3 Å². The predicted molar refractivity (Wildman–Crippen MR) is 85.3 cm³/mol. The van der Waals surface area contributed by atoms with Crippen molar-refractivity contribution in [1.82, 2.24) is 9.55 Å². The molecule has 3 atom stereocenters. The average molecular weight is 376 g/mol. The van der Waals surface area contributed by atoms with Crippen LogP contribution in [0.5, 0.6) is 0 Å². The van der Waals surface area contributed by atoms with Crippen molar-refractivity contribution in [1.29, 1.82) is 0 Å². The molecule has 0 spiro atoms. The van der Waals surface area contributed by atoms with Crippen molar-refractivity contribution in [3.8, 4) is 0 Å². The molecule has 1 aliphatic rings. The van der Waals surface area contributed by atoms with Crippen molar-refractivity contribution in [2.75, 3.05) is 7.11 Å². The van der Waals surface area contributed by atoms with Crippen LogP contribution in [-0.2, 0) is 4.74 Å². The molecule has 1 saturated carbocycles. The predicted octanol–water partition coefficient (Wildman–Crippen LogP) is 4.98. The molecule has 2 aromatic rings. The van der Waals surface area contributed by atoms with Gasteiger partial charge in [0.2, 0.25) is 0 Å². The van der Waals surface area contributed by atoms with E-state index in [1.165, 1.54) is 6.07 Å². The van der Waals surface area contributed by atoms with Crippen molar-refractivity contribution in [2.45, 2.75) is 43.7 Å². The molecule has 0 N–H and O–H groups in total. The summed E-state index contributed by atoms with van der Waals surface area (Å²) in [4.78, 5) is 4.60. The van der Waals surface area contributed by atoms with Crippen LogP contribution in [-0.4, -0.2) is 22.8 Å². The molecule has 3 rings (SSSR count). The summed E-state index contributed by atoms with van der Waals surface area (Å²) in [6.07, 6.45) is 3.18. The number of methoxy groups -OCH3 is 1. The Kier molecular flexibility index (Phi) is 4.26. The van der Waals surface area contributed by atoms with E-state index in [4.69, 9.17) is 16.3 Å². The largest absolute Gasteiger partial charge is 0.381 e. The first-order valence-corrected chi connectivity index (χ1v) is 8.28. The van der Waals surface area contributed by atoms with Gasteiger partial charge in [0, 0.05) is 19.2 Å². The molecule has 114 valence electrons. The second-order valence-electron chi connectivity index (χ2n) is 5.54. The number of aromatic nitrogens is 2. The lowest BCUT2D eigenvalue weighted by Gasteiger charge is -2.18. The molecule has 0 amide bonds. The van der Waals surface area contributed by atoms with E-state index in [1.807, 2.05) is 6.92 Å². The number of fused-ring (bicyclic) bond motifs is 1. The lowest BCUT2D eigenvalue weighted by atomic mass is 10.2. The summed E-state index contributed by atoms with van der Waals surface area (Å²) in [5.41, 5.74) is 1.58. The van der Waals surface area contributed by atoms with E-state index < -0.39 is 0 Å². The van der Waals surface area contributed by atoms with E-state index in [9.17, 15) is 4.39 Å². The highest BCUT2D eigenvalue weighted by atomic mass is 79.9. The molecule has 1 aromatic carbocycles. The third-order valence-corrected chi connectivity index (χ3v) is 4.97. The third-order valence-electron chi connectivity index (χ3n) is 4.17. The van der Waals surface area contributed by atoms with Gasteiger partial charge in [-0.15, -0.1) is 11.6 Å². The SMILES string of the molecule is COC1CCC(n2c(C(C)Cl)nc3cc(Br)c(F)cc32)C1. The van der Waals surface area contributed by atoms with Crippen LogP contribution in [0.1, 0.15) is 43.4 Å². The fraction of sp³-hybridized carbons (Fsp3) is 0.533. The number of halogens is 3. The number of nitrogens with zero attached hydrogens (tertiary/aromatic N) is 2. The minimum atomic E-state index is -0.279. The van der Waals surface area contributed by atoms with Crippen molar-refractivity contribution in [3.05, 3.63) is 28.2 Å². The molecule has 21 heavy (non-hydrogen) atoms. The molecule has 1 aromatic heterocycles. The molecular weight excluding hydrogens is 359 g/mol. The molecule has 1 aliphatic carbocycles. The van der Waals surface area contributed by atoms with Gasteiger partial charge in [0.05, 0.1) is 27.0 Å². The highest BCUT2D eigenvalue weighted by Crippen LogP contribution is 2.38. The third kappa shape index (κ3) is 2.71. The zero-order valence-electron chi connectivity index (χ0n) is 11.9. The highest BCUT2D eigenvalue weighted by molar-refractivity contribution is 9.10. The zero-order chi connectivity index (χ0) is 15.1. The molecular formula is C15H17BrClFN2O. The minimum Gasteiger partial charge on any atom is -0.381 e. The van der Waals surface area contributed by atoms with Crippen LogP contribution in [0.4, 0.5) is 4.39 Å². The van der Waals surface area contributed by atoms with E-state index in [0.29, 0.717) is 4.47 Å². The summed E-state index contributed by atoms with van der Waals surface area (Å²) >= 11 is 9.50. The molecule has 0 saturated heterocycles. The number of imidazole rings is 1. The molecule has 3 nitrogen and oxygen atoms in total. The lowest BCUT2D eigenvalue weighted by Crippen LogP contribution is -2.12. The first kappa shape index (κ1) is 15.3. The smallest absolute Gasteiger partial charge is 0.139 e. The molecule has 0 aliphatic heterocycles. The van der Waals surface area contributed by atoms with Crippen LogP contribution in [0.2, 0.25) is 0 Å². The number of alkyl halides is 1. The standard InChI is InChI=1S/C15H17BrClFN2O/c1-8(17)15-19-13-6-11(16)12(18)7-14(13)20(15)9-3-4-10(5-9)21-2/h6-10H,3-5H2,1-2H3. The van der Waals surface area contributed by atoms with Crippen molar-refractivity contribution >= 4 is 38.6 Å². The molecule has 0 radical (unpaired) electrons.